The number of hydrogen-bond acceptors (Lipinski definition) is 12. The summed E-state index contributed by atoms with van der Waals surface area (Å²) in [5.41, 5.74) is 2.67. The minimum Gasteiger partial charge on any atom is -0.382 e. The first kappa shape index (κ1) is 31.0. The highest BCUT2D eigenvalue weighted by molar-refractivity contribution is 7.91. The molecule has 2 fully saturated rings. The number of hydrogen-bond donors (Lipinski definition) is 2. The summed E-state index contributed by atoms with van der Waals surface area (Å²) in [4.78, 5) is 20.4. The van der Waals surface area contributed by atoms with Crippen molar-refractivity contribution in [3.05, 3.63) is 55.2 Å². The third kappa shape index (κ3) is 7.31. The van der Waals surface area contributed by atoms with Gasteiger partial charge in [0, 0.05) is 54.8 Å². The summed E-state index contributed by atoms with van der Waals surface area (Å²) in [7, 11) is -2.65. The smallest absolute Gasteiger partial charge is 0.256 e. The van der Waals surface area contributed by atoms with Gasteiger partial charge in [0.25, 0.3) is 10.0 Å². The Balaban J connectivity index is 1.25. The average Bonchev–Trinajstić information content (AvgIpc) is 3.75. The van der Waals surface area contributed by atoms with Crippen LogP contribution in [-0.2, 0) is 19.9 Å². The van der Waals surface area contributed by atoms with Gasteiger partial charge in [-0.1, -0.05) is 0 Å². The number of pyridine rings is 2. The summed E-state index contributed by atoms with van der Waals surface area (Å²) in [5, 5.41) is 10.6. The van der Waals surface area contributed by atoms with Gasteiger partial charge in [-0.2, -0.15) is 9.19 Å². The van der Waals surface area contributed by atoms with Crippen molar-refractivity contribution in [2.24, 2.45) is 5.92 Å². The molecule has 4 aromatic heterocycles. The maximum absolute atomic E-state index is 12.6. The first-order valence-corrected chi connectivity index (χ1v) is 18.3. The van der Waals surface area contributed by atoms with Gasteiger partial charge < -0.3 is 15.5 Å². The monoisotopic (exact) mass is 651 g/mol. The first-order chi connectivity index (χ1) is 21.5. The number of aromatic nitrogens is 6. The van der Waals surface area contributed by atoms with Gasteiger partial charge in [-0.15, -0.1) is 0 Å². The maximum atomic E-state index is 12.6. The lowest BCUT2D eigenvalue weighted by molar-refractivity contribution is 0.255. The predicted molar refractivity (Wildman–Crippen MR) is 172 cm³/mol. The lowest BCUT2D eigenvalue weighted by Gasteiger charge is -2.31. The molecular formula is C30H37N9O4S2. The fraction of sp³-hybridized carbons (Fsp3) is 0.433. The van der Waals surface area contributed by atoms with Crippen LogP contribution in [0.2, 0.25) is 0 Å². The van der Waals surface area contributed by atoms with Crippen LogP contribution < -0.4 is 10.6 Å². The molecule has 2 aliphatic rings. The second-order valence-electron chi connectivity index (χ2n) is 12.1. The Labute approximate surface area is 263 Å². The normalized spacial score (nSPS) is 19.0. The highest BCUT2D eigenvalue weighted by atomic mass is 32.2. The van der Waals surface area contributed by atoms with Gasteiger partial charge in [0.1, 0.15) is 11.6 Å². The quantitative estimate of drug-likeness (QED) is 0.241. The first-order valence-electron chi connectivity index (χ1n) is 14.9. The number of nitrogens with zero attached hydrogens (tertiary/aromatic N) is 7. The summed E-state index contributed by atoms with van der Waals surface area (Å²) in [6, 6.07) is 7.12. The zero-order valence-electron chi connectivity index (χ0n) is 25.5. The van der Waals surface area contributed by atoms with E-state index in [0.717, 1.165) is 53.8 Å². The van der Waals surface area contributed by atoms with Crippen molar-refractivity contribution >= 4 is 37.2 Å². The number of sulfone groups is 1. The van der Waals surface area contributed by atoms with E-state index in [2.05, 4.69) is 54.7 Å². The Morgan fingerprint density at radius 2 is 1.69 bits per heavy atom. The zero-order valence-corrected chi connectivity index (χ0v) is 27.1. The van der Waals surface area contributed by atoms with E-state index in [1.165, 1.54) is 18.6 Å². The topological polar surface area (TPSA) is 165 Å². The lowest BCUT2D eigenvalue weighted by atomic mass is 9.85. The van der Waals surface area contributed by atoms with Gasteiger partial charge in [-0.25, -0.2) is 31.8 Å². The summed E-state index contributed by atoms with van der Waals surface area (Å²) < 4.78 is 50.1. The molecule has 0 amide bonds. The number of anilines is 3. The predicted octanol–water partition coefficient (Wildman–Crippen LogP) is 3.82. The molecule has 45 heavy (non-hydrogen) atoms. The van der Waals surface area contributed by atoms with E-state index >= 15 is 0 Å². The van der Waals surface area contributed by atoms with Crippen molar-refractivity contribution < 1.29 is 16.8 Å². The molecule has 2 saturated carbocycles. The molecule has 0 bridgehead atoms. The van der Waals surface area contributed by atoms with E-state index in [1.807, 2.05) is 6.07 Å². The Bertz CT molecular complexity index is 1880. The van der Waals surface area contributed by atoms with Crippen LogP contribution in [0.3, 0.4) is 0 Å². The minimum absolute atomic E-state index is 0.154. The minimum atomic E-state index is -3.49. The Morgan fingerprint density at radius 1 is 0.911 bits per heavy atom. The van der Waals surface area contributed by atoms with E-state index in [1.54, 1.807) is 30.6 Å². The summed E-state index contributed by atoms with van der Waals surface area (Å²) in [5.74, 6) is 2.01. The van der Waals surface area contributed by atoms with Crippen LogP contribution in [0.4, 0.5) is 17.3 Å². The third-order valence-corrected chi connectivity index (χ3v) is 11.2. The Hall–Kier alpha value is -3.95. The van der Waals surface area contributed by atoms with Gasteiger partial charge in [0.05, 0.1) is 33.8 Å². The molecule has 0 unspecified atom stereocenters. The van der Waals surface area contributed by atoms with Crippen molar-refractivity contribution in [3.63, 3.8) is 0 Å². The molecule has 0 atom stereocenters. The van der Waals surface area contributed by atoms with Crippen molar-refractivity contribution in [1.82, 2.24) is 34.0 Å². The standard InChI is InChI=1S/C30H37N9O4S2/c1-38(2)18-20-4-6-22(7-5-20)35-27-14-29(33-17-25(27)26-11-10-24(16-32-26)44(3,40)41)36-28-12-13-31-30(37-28)21-15-34-39(19-21)45(42,43)23-8-9-23/h10-17,19-20,22-23H,4-9,18H2,1-3H3,(H2,31,33,35,36,37). The van der Waals surface area contributed by atoms with Gasteiger partial charge in [-0.05, 0) is 76.7 Å². The van der Waals surface area contributed by atoms with Gasteiger partial charge in [-0.3, -0.25) is 4.98 Å². The Morgan fingerprint density at radius 3 is 2.36 bits per heavy atom. The van der Waals surface area contributed by atoms with Gasteiger partial charge in [0.2, 0.25) is 0 Å². The van der Waals surface area contributed by atoms with Crippen LogP contribution in [0.1, 0.15) is 38.5 Å². The third-order valence-electron chi connectivity index (χ3n) is 8.11. The van der Waals surface area contributed by atoms with Crippen LogP contribution in [0, 0.1) is 5.92 Å². The molecule has 0 saturated heterocycles. The summed E-state index contributed by atoms with van der Waals surface area (Å²) in [6.07, 6.45) is 14.3. The second kappa shape index (κ2) is 12.4. The molecule has 0 aliphatic heterocycles. The molecule has 0 aromatic carbocycles. The molecule has 4 aromatic rings. The molecule has 6 rings (SSSR count). The van der Waals surface area contributed by atoms with Gasteiger partial charge in [0.15, 0.2) is 15.7 Å². The van der Waals surface area contributed by atoms with Crippen LogP contribution in [0.15, 0.2) is 60.1 Å². The lowest BCUT2D eigenvalue weighted by Crippen LogP contribution is -2.31. The fourth-order valence-corrected chi connectivity index (χ4v) is 7.64. The second-order valence-corrected chi connectivity index (χ2v) is 16.2. The molecule has 2 N–H and O–H groups in total. The molecule has 2 aliphatic carbocycles. The van der Waals surface area contributed by atoms with Crippen molar-refractivity contribution in [2.75, 3.05) is 37.5 Å². The fourth-order valence-electron chi connectivity index (χ4n) is 5.61. The van der Waals surface area contributed by atoms with Crippen LogP contribution in [0.25, 0.3) is 22.6 Å². The largest absolute Gasteiger partial charge is 0.382 e. The highest BCUT2D eigenvalue weighted by Crippen LogP contribution is 2.34. The van der Waals surface area contributed by atoms with E-state index in [0.29, 0.717) is 47.5 Å². The van der Waals surface area contributed by atoms with Crippen molar-refractivity contribution in [3.8, 4) is 22.6 Å². The molecule has 0 radical (unpaired) electrons. The summed E-state index contributed by atoms with van der Waals surface area (Å²) in [6.45, 7) is 1.08. The Kier molecular flexibility index (Phi) is 8.59. The van der Waals surface area contributed by atoms with Gasteiger partial charge >= 0.3 is 0 Å². The van der Waals surface area contributed by atoms with Crippen molar-refractivity contribution in [1.29, 1.82) is 0 Å². The average molecular weight is 652 g/mol. The molecular weight excluding hydrogens is 615 g/mol. The number of rotatable bonds is 11. The highest BCUT2D eigenvalue weighted by Gasteiger charge is 2.37. The van der Waals surface area contributed by atoms with E-state index in [4.69, 9.17) is 0 Å². The van der Waals surface area contributed by atoms with Crippen LogP contribution in [0.5, 0.6) is 0 Å². The van der Waals surface area contributed by atoms with Crippen LogP contribution in [-0.4, -0.2) is 89.0 Å². The maximum Gasteiger partial charge on any atom is 0.256 e. The van der Waals surface area contributed by atoms with Crippen molar-refractivity contribution in [2.45, 2.75) is 54.7 Å². The zero-order chi connectivity index (χ0) is 31.8. The van der Waals surface area contributed by atoms with E-state index in [-0.39, 0.29) is 16.2 Å². The molecule has 0 spiro atoms. The SMILES string of the molecule is CN(C)CC1CCC(Nc2cc(Nc3ccnc(-c4cnn(S(=O)(=O)C5CC5)c4)n3)ncc2-c2ccc(S(C)(=O)=O)cn2)CC1. The molecule has 13 nitrogen and oxygen atoms in total. The van der Waals surface area contributed by atoms with Crippen LogP contribution >= 0.6 is 0 Å². The van der Waals surface area contributed by atoms with E-state index < -0.39 is 19.9 Å². The molecule has 238 valence electrons. The molecule has 15 heteroatoms. The van der Waals surface area contributed by atoms with E-state index in [9.17, 15) is 16.8 Å². The number of nitrogens with one attached hydrogen (secondary N) is 2. The molecule has 4 heterocycles. The summed E-state index contributed by atoms with van der Waals surface area (Å²) >= 11 is 0.